The summed E-state index contributed by atoms with van der Waals surface area (Å²) < 4.78 is 16.2. The summed E-state index contributed by atoms with van der Waals surface area (Å²) in [6, 6.07) is 3.36. The summed E-state index contributed by atoms with van der Waals surface area (Å²) in [4.78, 5) is 30.2. The largest absolute Gasteiger partial charge is 0.356 e. The third kappa shape index (κ3) is 3.53. The highest BCUT2D eigenvalue weighted by molar-refractivity contribution is 5.40. The second kappa shape index (κ2) is 6.92. The third-order valence-corrected chi connectivity index (χ3v) is 5.61. The van der Waals surface area contributed by atoms with Crippen molar-refractivity contribution < 1.29 is 4.39 Å². The number of nitrogens with one attached hydrogen (secondary N) is 1. The molecule has 2 fully saturated rings. The molecule has 7 nitrogen and oxygen atoms in total. The lowest BCUT2D eigenvalue weighted by Gasteiger charge is -2.25. The second-order valence-corrected chi connectivity index (χ2v) is 7.59. The van der Waals surface area contributed by atoms with Gasteiger partial charge in [-0.1, -0.05) is 0 Å². The smallest absolute Gasteiger partial charge is 0.332 e. The van der Waals surface area contributed by atoms with Crippen LogP contribution in [0.3, 0.4) is 0 Å². The van der Waals surface area contributed by atoms with E-state index in [-0.39, 0.29) is 29.1 Å². The predicted octanol–water partition coefficient (Wildman–Crippen LogP) is 0.938. The van der Waals surface area contributed by atoms with Crippen molar-refractivity contribution in [1.82, 2.24) is 19.4 Å². The fourth-order valence-electron chi connectivity index (χ4n) is 3.92. The minimum Gasteiger partial charge on any atom is -0.356 e. The first-order valence-corrected chi connectivity index (χ1v) is 9.32. The van der Waals surface area contributed by atoms with Gasteiger partial charge in [-0.3, -0.25) is 18.9 Å². The standard InChI is InChI=1S/C19H24FN5O2/c1-23-16(8-17(26)24(2)19(23)27)25-6-5-15(11-25)22-18(12-3-4-12)13-7-14(20)10-21-9-13/h7-10,12,15,18,22H,3-6,11H2,1-2H3/t15-,18?/m0/s1. The molecule has 0 radical (unpaired) electrons. The molecule has 0 spiro atoms. The summed E-state index contributed by atoms with van der Waals surface area (Å²) in [5, 5.41) is 3.66. The minimum atomic E-state index is -0.324. The highest BCUT2D eigenvalue weighted by Gasteiger charge is 2.36. The van der Waals surface area contributed by atoms with Crippen LogP contribution in [0.15, 0.2) is 34.1 Å². The van der Waals surface area contributed by atoms with Crippen LogP contribution in [0.1, 0.15) is 30.9 Å². The van der Waals surface area contributed by atoms with Gasteiger partial charge in [0.05, 0.1) is 6.20 Å². The van der Waals surface area contributed by atoms with Crippen molar-refractivity contribution in [3.8, 4) is 0 Å². The molecule has 2 aromatic rings. The molecule has 3 heterocycles. The molecule has 27 heavy (non-hydrogen) atoms. The van der Waals surface area contributed by atoms with Crippen LogP contribution in [0.5, 0.6) is 0 Å². The van der Waals surface area contributed by atoms with Gasteiger partial charge in [-0.2, -0.15) is 0 Å². The van der Waals surface area contributed by atoms with Gasteiger partial charge in [-0.25, -0.2) is 9.18 Å². The van der Waals surface area contributed by atoms with Crippen LogP contribution < -0.4 is 21.5 Å². The Kier molecular flexibility index (Phi) is 4.59. The molecule has 2 atom stereocenters. The molecule has 0 amide bonds. The Labute approximate surface area is 156 Å². The lowest BCUT2D eigenvalue weighted by molar-refractivity contribution is 0.417. The van der Waals surface area contributed by atoms with Crippen molar-refractivity contribution in [1.29, 1.82) is 0 Å². The van der Waals surface area contributed by atoms with E-state index >= 15 is 0 Å². The lowest BCUT2D eigenvalue weighted by Crippen LogP contribution is -2.41. The second-order valence-electron chi connectivity index (χ2n) is 7.59. The quantitative estimate of drug-likeness (QED) is 0.845. The van der Waals surface area contributed by atoms with Crippen LogP contribution in [0.2, 0.25) is 0 Å². The first-order valence-electron chi connectivity index (χ1n) is 9.32. The summed E-state index contributed by atoms with van der Waals surface area (Å²) in [5.74, 6) is 0.835. The molecular formula is C19H24FN5O2. The predicted molar refractivity (Wildman–Crippen MR) is 100 cm³/mol. The summed E-state index contributed by atoms with van der Waals surface area (Å²) in [7, 11) is 3.17. The minimum absolute atomic E-state index is 0.0885. The van der Waals surface area contributed by atoms with Gasteiger partial charge in [-0.15, -0.1) is 0 Å². The third-order valence-electron chi connectivity index (χ3n) is 5.61. The van der Waals surface area contributed by atoms with Gasteiger partial charge in [0.1, 0.15) is 11.6 Å². The van der Waals surface area contributed by atoms with E-state index in [1.54, 1.807) is 19.3 Å². The highest BCUT2D eigenvalue weighted by Crippen LogP contribution is 2.41. The molecule has 4 rings (SSSR count). The summed E-state index contributed by atoms with van der Waals surface area (Å²) in [6.45, 7) is 1.46. The van der Waals surface area contributed by atoms with Crippen LogP contribution >= 0.6 is 0 Å². The molecule has 2 aliphatic rings. The Bertz CT molecular complexity index is 965. The van der Waals surface area contributed by atoms with E-state index in [9.17, 15) is 14.0 Å². The van der Waals surface area contributed by atoms with Gasteiger partial charge in [0.25, 0.3) is 5.56 Å². The Balaban J connectivity index is 1.51. The zero-order valence-electron chi connectivity index (χ0n) is 15.6. The lowest BCUT2D eigenvalue weighted by atomic mass is 10.0. The number of halogens is 1. The average molecular weight is 373 g/mol. The highest BCUT2D eigenvalue weighted by atomic mass is 19.1. The normalized spacial score (nSPS) is 20.9. The van der Waals surface area contributed by atoms with Crippen molar-refractivity contribution in [2.45, 2.75) is 31.3 Å². The van der Waals surface area contributed by atoms with E-state index in [1.807, 2.05) is 0 Å². The van der Waals surface area contributed by atoms with E-state index in [2.05, 4.69) is 15.2 Å². The molecule has 1 aliphatic heterocycles. The number of hydrogen-bond donors (Lipinski definition) is 1. The Hall–Kier alpha value is -2.48. The SMILES string of the molecule is Cn1c(N2CC[C@H](NC(c3cncc(F)c3)C3CC3)C2)cc(=O)n(C)c1=O. The zero-order valence-corrected chi connectivity index (χ0v) is 15.6. The molecule has 1 saturated carbocycles. The summed E-state index contributed by atoms with van der Waals surface area (Å²) in [6.07, 6.45) is 6.12. The molecule has 2 aromatic heterocycles. The molecule has 0 bridgehead atoms. The van der Waals surface area contributed by atoms with Crippen LogP contribution in [-0.4, -0.2) is 33.2 Å². The van der Waals surface area contributed by atoms with E-state index < -0.39 is 0 Å². The molecule has 1 saturated heterocycles. The van der Waals surface area contributed by atoms with Gasteiger partial charge in [0, 0.05) is 51.5 Å². The first-order chi connectivity index (χ1) is 12.9. The van der Waals surface area contributed by atoms with E-state index in [0.717, 1.165) is 35.9 Å². The average Bonchev–Trinajstić information content (AvgIpc) is 3.39. The van der Waals surface area contributed by atoms with Crippen LogP contribution in [0.25, 0.3) is 0 Å². The van der Waals surface area contributed by atoms with E-state index in [1.165, 1.54) is 23.9 Å². The Morgan fingerprint density at radius 2 is 1.93 bits per heavy atom. The van der Waals surface area contributed by atoms with Gasteiger partial charge < -0.3 is 10.2 Å². The molecule has 144 valence electrons. The molecule has 8 heteroatoms. The summed E-state index contributed by atoms with van der Waals surface area (Å²) in [5.41, 5.74) is 0.263. The first kappa shape index (κ1) is 17.9. The number of nitrogens with zero attached hydrogens (tertiary/aromatic N) is 4. The summed E-state index contributed by atoms with van der Waals surface area (Å²) >= 11 is 0. The van der Waals surface area contributed by atoms with Crippen LogP contribution in [0.4, 0.5) is 10.2 Å². The maximum Gasteiger partial charge on any atom is 0.332 e. The maximum absolute atomic E-state index is 13.6. The zero-order chi connectivity index (χ0) is 19.1. The van der Waals surface area contributed by atoms with Crippen molar-refractivity contribution in [2.75, 3.05) is 18.0 Å². The van der Waals surface area contributed by atoms with Crippen molar-refractivity contribution in [2.24, 2.45) is 20.0 Å². The van der Waals surface area contributed by atoms with Crippen LogP contribution in [-0.2, 0) is 14.1 Å². The number of hydrogen-bond acceptors (Lipinski definition) is 5. The number of pyridine rings is 1. The monoisotopic (exact) mass is 373 g/mol. The number of rotatable bonds is 5. The van der Waals surface area contributed by atoms with Crippen LogP contribution in [0, 0.1) is 11.7 Å². The van der Waals surface area contributed by atoms with Gasteiger partial charge >= 0.3 is 5.69 Å². The van der Waals surface area contributed by atoms with Gasteiger partial charge in [0.15, 0.2) is 0 Å². The van der Waals surface area contributed by atoms with Gasteiger partial charge in [-0.05, 0) is 36.8 Å². The van der Waals surface area contributed by atoms with E-state index in [0.29, 0.717) is 18.3 Å². The molecule has 0 aromatic carbocycles. The fourth-order valence-corrected chi connectivity index (χ4v) is 3.92. The molecule has 1 N–H and O–H groups in total. The van der Waals surface area contributed by atoms with Crippen molar-refractivity contribution in [3.63, 3.8) is 0 Å². The van der Waals surface area contributed by atoms with Crippen molar-refractivity contribution >= 4 is 5.82 Å². The molecular weight excluding hydrogens is 349 g/mol. The number of anilines is 1. The Morgan fingerprint density at radius 3 is 2.63 bits per heavy atom. The van der Waals surface area contributed by atoms with E-state index in [4.69, 9.17) is 0 Å². The van der Waals surface area contributed by atoms with Crippen molar-refractivity contribution in [3.05, 3.63) is 56.7 Å². The fraction of sp³-hybridized carbons (Fsp3) is 0.526. The molecule has 1 aliphatic carbocycles. The maximum atomic E-state index is 13.6. The topological polar surface area (TPSA) is 72.2 Å². The molecule has 1 unspecified atom stereocenters. The Morgan fingerprint density at radius 1 is 1.15 bits per heavy atom. The van der Waals surface area contributed by atoms with Gasteiger partial charge in [0.2, 0.25) is 0 Å². The number of aromatic nitrogens is 3.